The number of hydrogen-bond acceptors (Lipinski definition) is 5. The summed E-state index contributed by atoms with van der Waals surface area (Å²) in [6, 6.07) is 13.7. The number of alkyl halides is 3. The Morgan fingerprint density at radius 2 is 1.85 bits per heavy atom. The van der Waals surface area contributed by atoms with Gasteiger partial charge in [-0.15, -0.1) is 0 Å². The van der Waals surface area contributed by atoms with E-state index in [-0.39, 0.29) is 18.6 Å². The van der Waals surface area contributed by atoms with E-state index in [0.717, 1.165) is 22.8 Å². The molecule has 9 heteroatoms. The second kappa shape index (κ2) is 11.6. The largest absolute Gasteiger partial charge is 0.481 e. The number of carboxylic acid groups (broad SMARTS) is 1. The number of benzene rings is 2. The van der Waals surface area contributed by atoms with Crippen LogP contribution >= 0.6 is 11.3 Å². The van der Waals surface area contributed by atoms with Crippen LogP contribution in [0.1, 0.15) is 28.7 Å². The molecule has 0 unspecified atom stereocenters. The number of rotatable bonds is 11. The molecule has 1 aromatic heterocycles. The summed E-state index contributed by atoms with van der Waals surface area (Å²) in [4.78, 5) is 15.6. The van der Waals surface area contributed by atoms with Crippen molar-refractivity contribution in [2.45, 2.75) is 32.2 Å². The summed E-state index contributed by atoms with van der Waals surface area (Å²) in [5, 5.41) is 19.1. The second-order valence-corrected chi connectivity index (χ2v) is 8.06. The minimum atomic E-state index is -4.49. The van der Waals surface area contributed by atoms with E-state index in [9.17, 15) is 18.0 Å². The lowest BCUT2D eigenvalue weighted by molar-refractivity contribution is -0.139. The Labute approximate surface area is 193 Å². The molecule has 0 aliphatic rings. The second-order valence-electron chi connectivity index (χ2n) is 7.28. The summed E-state index contributed by atoms with van der Waals surface area (Å²) in [6.45, 7) is 0.682. The van der Waals surface area contributed by atoms with Crippen LogP contribution in [0.3, 0.4) is 0 Å². The molecule has 0 aliphatic carbocycles. The van der Waals surface area contributed by atoms with Gasteiger partial charge in [-0.3, -0.25) is 4.79 Å². The quantitative estimate of drug-likeness (QED) is 0.210. The molecule has 0 saturated heterocycles. The van der Waals surface area contributed by atoms with Gasteiger partial charge in [0.25, 0.3) is 0 Å². The van der Waals surface area contributed by atoms with Crippen molar-refractivity contribution in [1.82, 2.24) is 5.32 Å². The van der Waals surface area contributed by atoms with E-state index in [0.29, 0.717) is 25.1 Å². The van der Waals surface area contributed by atoms with Gasteiger partial charge in [-0.2, -0.15) is 24.5 Å². The Morgan fingerprint density at radius 1 is 1.09 bits per heavy atom. The molecule has 2 aromatic carbocycles. The van der Waals surface area contributed by atoms with Crippen LogP contribution in [0.5, 0.6) is 0 Å². The number of oxime groups is 1. The lowest BCUT2D eigenvalue weighted by Gasteiger charge is -2.13. The van der Waals surface area contributed by atoms with Crippen molar-refractivity contribution < 1.29 is 27.9 Å². The van der Waals surface area contributed by atoms with Gasteiger partial charge in [0, 0.05) is 31.3 Å². The first-order valence-electron chi connectivity index (χ1n) is 10.2. The first-order chi connectivity index (χ1) is 15.8. The summed E-state index contributed by atoms with van der Waals surface area (Å²) < 4.78 is 40.5. The van der Waals surface area contributed by atoms with E-state index < -0.39 is 17.7 Å². The van der Waals surface area contributed by atoms with Crippen molar-refractivity contribution in [1.29, 1.82) is 0 Å². The SMILES string of the molecule is O=C(O)CCNCc1ccc(CC=NOCc2ccc(-c3ccsc3)cc2C(F)(F)F)cc1. The van der Waals surface area contributed by atoms with Crippen LogP contribution in [0.2, 0.25) is 0 Å². The van der Waals surface area contributed by atoms with E-state index in [2.05, 4.69) is 10.5 Å². The number of nitrogens with zero attached hydrogens (tertiary/aromatic N) is 1. The minimum Gasteiger partial charge on any atom is -0.481 e. The van der Waals surface area contributed by atoms with Crippen LogP contribution in [0, 0.1) is 0 Å². The lowest BCUT2D eigenvalue weighted by Crippen LogP contribution is -2.17. The normalized spacial score (nSPS) is 11.7. The maximum Gasteiger partial charge on any atom is 0.416 e. The van der Waals surface area contributed by atoms with Crippen LogP contribution in [0.25, 0.3) is 11.1 Å². The smallest absolute Gasteiger partial charge is 0.416 e. The van der Waals surface area contributed by atoms with Crippen LogP contribution < -0.4 is 5.32 Å². The zero-order valence-corrected chi connectivity index (χ0v) is 18.5. The molecule has 174 valence electrons. The number of carboxylic acids is 1. The summed E-state index contributed by atoms with van der Waals surface area (Å²) in [6.07, 6.45) is -2.44. The molecule has 33 heavy (non-hydrogen) atoms. The average molecular weight is 477 g/mol. The molecular weight excluding hydrogens is 453 g/mol. The predicted octanol–water partition coefficient (Wildman–Crippen LogP) is 5.74. The fourth-order valence-corrected chi connectivity index (χ4v) is 3.76. The van der Waals surface area contributed by atoms with E-state index in [1.54, 1.807) is 17.5 Å². The molecule has 5 nitrogen and oxygen atoms in total. The monoisotopic (exact) mass is 476 g/mol. The fraction of sp³-hybridized carbons (Fsp3) is 0.250. The lowest BCUT2D eigenvalue weighted by atomic mass is 10.0. The van der Waals surface area contributed by atoms with Gasteiger partial charge in [-0.25, -0.2) is 0 Å². The first kappa shape index (κ1) is 24.5. The van der Waals surface area contributed by atoms with E-state index in [1.165, 1.54) is 23.6 Å². The molecule has 3 aromatic rings. The third-order valence-electron chi connectivity index (χ3n) is 4.83. The van der Waals surface area contributed by atoms with E-state index >= 15 is 0 Å². The van der Waals surface area contributed by atoms with Gasteiger partial charge in [0.1, 0.15) is 6.61 Å². The van der Waals surface area contributed by atoms with E-state index in [4.69, 9.17) is 9.94 Å². The van der Waals surface area contributed by atoms with Gasteiger partial charge in [-0.1, -0.05) is 41.6 Å². The third-order valence-corrected chi connectivity index (χ3v) is 5.52. The number of thiophene rings is 1. The van der Waals surface area contributed by atoms with Crippen LogP contribution in [-0.2, 0) is 35.4 Å². The molecule has 0 bridgehead atoms. The molecule has 0 atom stereocenters. The maximum absolute atomic E-state index is 13.5. The zero-order valence-electron chi connectivity index (χ0n) is 17.6. The molecule has 2 N–H and O–H groups in total. The maximum atomic E-state index is 13.5. The Hall–Kier alpha value is -3.17. The summed E-state index contributed by atoms with van der Waals surface area (Å²) in [7, 11) is 0. The number of nitrogens with one attached hydrogen (secondary N) is 1. The highest BCUT2D eigenvalue weighted by molar-refractivity contribution is 7.08. The van der Waals surface area contributed by atoms with Crippen molar-refractivity contribution in [3.63, 3.8) is 0 Å². The van der Waals surface area contributed by atoms with Crippen LogP contribution in [-0.4, -0.2) is 23.8 Å². The topological polar surface area (TPSA) is 70.9 Å². The Balaban J connectivity index is 1.51. The highest BCUT2D eigenvalue weighted by Crippen LogP contribution is 2.35. The van der Waals surface area contributed by atoms with Gasteiger partial charge >= 0.3 is 12.1 Å². The Kier molecular flexibility index (Phi) is 8.62. The highest BCUT2D eigenvalue weighted by Gasteiger charge is 2.33. The van der Waals surface area contributed by atoms with Crippen molar-refractivity contribution in [3.8, 4) is 11.1 Å². The van der Waals surface area contributed by atoms with E-state index in [1.807, 2.05) is 29.6 Å². The summed E-state index contributed by atoms with van der Waals surface area (Å²) in [5.74, 6) is -0.843. The molecule has 0 spiro atoms. The van der Waals surface area contributed by atoms with Crippen molar-refractivity contribution in [2.24, 2.45) is 5.16 Å². The highest BCUT2D eigenvalue weighted by atomic mass is 32.1. The Bertz CT molecular complexity index is 1070. The standard InChI is InChI=1S/C24H23F3N2O3S/c25-24(26,27)22-13-19(21-9-12-33-16-21)5-6-20(22)15-32-29-11-7-17-1-3-18(4-2-17)14-28-10-8-23(30)31/h1-6,9,11-13,16,28H,7-8,10,14-15H2,(H,30,31). The zero-order chi connectivity index (χ0) is 23.7. The molecule has 0 amide bonds. The first-order valence-corrected chi connectivity index (χ1v) is 11.1. The molecule has 0 saturated carbocycles. The van der Waals surface area contributed by atoms with Gasteiger partial charge < -0.3 is 15.3 Å². The number of carbonyl (C=O) groups is 1. The Morgan fingerprint density at radius 3 is 2.52 bits per heavy atom. The van der Waals surface area contributed by atoms with Crippen molar-refractivity contribution in [2.75, 3.05) is 6.54 Å². The van der Waals surface area contributed by atoms with Gasteiger partial charge in [0.15, 0.2) is 0 Å². The fourth-order valence-electron chi connectivity index (χ4n) is 3.10. The third kappa shape index (κ3) is 7.73. The van der Waals surface area contributed by atoms with Crippen LogP contribution in [0.15, 0.2) is 64.4 Å². The average Bonchev–Trinajstić information content (AvgIpc) is 3.32. The number of aliphatic carboxylic acids is 1. The summed E-state index contributed by atoms with van der Waals surface area (Å²) >= 11 is 1.43. The number of halogens is 3. The molecule has 0 fully saturated rings. The van der Waals surface area contributed by atoms with Crippen molar-refractivity contribution in [3.05, 3.63) is 81.5 Å². The molecule has 0 aliphatic heterocycles. The number of hydrogen-bond donors (Lipinski definition) is 2. The van der Waals surface area contributed by atoms with Gasteiger partial charge in [0.2, 0.25) is 0 Å². The molecule has 3 rings (SSSR count). The minimum absolute atomic E-state index is 0.0263. The summed E-state index contributed by atoms with van der Waals surface area (Å²) in [5.41, 5.74) is 2.54. The predicted molar refractivity (Wildman–Crippen MR) is 122 cm³/mol. The van der Waals surface area contributed by atoms with Crippen molar-refractivity contribution >= 4 is 23.5 Å². The molecule has 0 radical (unpaired) electrons. The molecular formula is C24H23F3N2O3S. The van der Waals surface area contributed by atoms with Crippen LogP contribution in [0.4, 0.5) is 13.2 Å². The van der Waals surface area contributed by atoms with Gasteiger partial charge in [-0.05, 0) is 45.1 Å². The molecule has 1 heterocycles. The van der Waals surface area contributed by atoms with Gasteiger partial charge in [0.05, 0.1) is 12.0 Å².